The molecule has 0 radical (unpaired) electrons. The summed E-state index contributed by atoms with van der Waals surface area (Å²) in [4.78, 5) is 0. The molecule has 1 aromatic carbocycles. The van der Waals surface area contributed by atoms with Crippen LogP contribution in [-0.4, -0.2) is 10.7 Å². The monoisotopic (exact) mass is 286 g/mol. The molecule has 0 aliphatic heterocycles. The van der Waals surface area contributed by atoms with Crippen molar-refractivity contribution in [3.8, 4) is 0 Å². The third-order valence-electron chi connectivity index (χ3n) is 4.09. The van der Waals surface area contributed by atoms with Gasteiger partial charge in [0.1, 0.15) is 0 Å². The average molecular weight is 286 g/mol. The first-order chi connectivity index (χ1) is 9.10. The van der Waals surface area contributed by atoms with Crippen LogP contribution in [0.3, 0.4) is 0 Å². The lowest BCUT2D eigenvalue weighted by atomic mass is 9.68. The molecule has 1 fully saturated rings. The second-order valence-electron chi connectivity index (χ2n) is 6.79. The van der Waals surface area contributed by atoms with E-state index in [1.807, 2.05) is 0 Å². The summed E-state index contributed by atoms with van der Waals surface area (Å²) in [6, 6.07) is 5.29. The van der Waals surface area contributed by atoms with E-state index in [-0.39, 0.29) is 5.41 Å². The number of halogens is 3. The Kier molecular flexibility index (Phi) is 3.89. The van der Waals surface area contributed by atoms with Crippen molar-refractivity contribution in [1.82, 2.24) is 0 Å². The number of hydrogen-bond acceptors (Lipinski definition) is 1. The van der Waals surface area contributed by atoms with Crippen LogP contribution >= 0.6 is 0 Å². The molecular weight excluding hydrogens is 265 g/mol. The first-order valence-corrected chi connectivity index (χ1v) is 6.98. The van der Waals surface area contributed by atoms with Crippen LogP contribution in [0.5, 0.6) is 0 Å². The van der Waals surface area contributed by atoms with Gasteiger partial charge in [-0.15, -0.1) is 0 Å². The SMILES string of the molecule is CC1(C)CCCC(O)(Cc2cccc(C(F)(F)F)c2)C1. The maximum absolute atomic E-state index is 12.7. The lowest BCUT2D eigenvalue weighted by Crippen LogP contribution is -2.40. The van der Waals surface area contributed by atoms with Gasteiger partial charge in [0.25, 0.3) is 0 Å². The second kappa shape index (κ2) is 5.06. The molecule has 0 spiro atoms. The zero-order valence-electron chi connectivity index (χ0n) is 11.9. The molecule has 0 amide bonds. The summed E-state index contributed by atoms with van der Waals surface area (Å²) in [5.41, 5.74) is -0.922. The third-order valence-corrected chi connectivity index (χ3v) is 4.09. The summed E-state index contributed by atoms with van der Waals surface area (Å²) < 4.78 is 38.1. The van der Waals surface area contributed by atoms with Gasteiger partial charge in [0.15, 0.2) is 0 Å². The number of alkyl halides is 3. The lowest BCUT2D eigenvalue weighted by molar-refractivity contribution is -0.137. The van der Waals surface area contributed by atoms with E-state index < -0.39 is 17.3 Å². The van der Waals surface area contributed by atoms with Gasteiger partial charge in [0.05, 0.1) is 11.2 Å². The summed E-state index contributed by atoms with van der Waals surface area (Å²) in [7, 11) is 0. The van der Waals surface area contributed by atoms with Crippen LogP contribution in [0.15, 0.2) is 24.3 Å². The van der Waals surface area contributed by atoms with Crippen LogP contribution in [0.1, 0.15) is 50.7 Å². The van der Waals surface area contributed by atoms with E-state index in [1.165, 1.54) is 6.07 Å². The maximum atomic E-state index is 12.7. The van der Waals surface area contributed by atoms with Crippen molar-refractivity contribution in [1.29, 1.82) is 0 Å². The predicted molar refractivity (Wildman–Crippen MR) is 72.3 cm³/mol. The van der Waals surface area contributed by atoms with Crippen molar-refractivity contribution in [2.45, 2.75) is 57.7 Å². The summed E-state index contributed by atoms with van der Waals surface area (Å²) in [5.74, 6) is 0. The van der Waals surface area contributed by atoms with Crippen LogP contribution in [0.4, 0.5) is 13.2 Å². The second-order valence-corrected chi connectivity index (χ2v) is 6.79. The van der Waals surface area contributed by atoms with Gasteiger partial charge in [0, 0.05) is 6.42 Å². The molecule has 1 nitrogen and oxygen atoms in total. The number of rotatable bonds is 2. The summed E-state index contributed by atoms with van der Waals surface area (Å²) in [5, 5.41) is 10.7. The minimum atomic E-state index is -4.33. The van der Waals surface area contributed by atoms with Crippen molar-refractivity contribution >= 4 is 0 Å². The Morgan fingerprint density at radius 1 is 1.20 bits per heavy atom. The van der Waals surface area contributed by atoms with E-state index in [9.17, 15) is 18.3 Å². The molecule has 1 aliphatic carbocycles. The van der Waals surface area contributed by atoms with Crippen LogP contribution < -0.4 is 0 Å². The molecule has 1 atom stereocenters. The van der Waals surface area contributed by atoms with Gasteiger partial charge in [-0.1, -0.05) is 38.5 Å². The van der Waals surface area contributed by atoms with Crippen molar-refractivity contribution in [2.75, 3.05) is 0 Å². The zero-order valence-corrected chi connectivity index (χ0v) is 11.9. The summed E-state index contributed by atoms with van der Waals surface area (Å²) in [6.07, 6.45) is -0.770. The topological polar surface area (TPSA) is 20.2 Å². The molecule has 1 saturated carbocycles. The first-order valence-electron chi connectivity index (χ1n) is 6.98. The molecule has 0 heterocycles. The van der Waals surface area contributed by atoms with Gasteiger partial charge < -0.3 is 5.11 Å². The molecule has 1 aliphatic rings. The maximum Gasteiger partial charge on any atom is 0.416 e. The first kappa shape index (κ1) is 15.4. The molecular formula is C16H21F3O. The molecule has 2 rings (SSSR count). The fourth-order valence-electron chi connectivity index (χ4n) is 3.35. The van der Waals surface area contributed by atoms with Crippen LogP contribution in [0.2, 0.25) is 0 Å². The number of benzene rings is 1. The van der Waals surface area contributed by atoms with Crippen molar-refractivity contribution in [2.24, 2.45) is 5.41 Å². The predicted octanol–water partition coefficient (Wildman–Crippen LogP) is 4.58. The molecule has 20 heavy (non-hydrogen) atoms. The van der Waals surface area contributed by atoms with Gasteiger partial charge in [-0.3, -0.25) is 0 Å². The summed E-state index contributed by atoms with van der Waals surface area (Å²) >= 11 is 0. The molecule has 1 N–H and O–H groups in total. The Hall–Kier alpha value is -1.03. The molecule has 4 heteroatoms. The van der Waals surface area contributed by atoms with Gasteiger partial charge in [-0.05, 0) is 36.3 Å². The Labute approximate surface area is 117 Å². The van der Waals surface area contributed by atoms with E-state index in [0.29, 0.717) is 24.8 Å². The normalized spacial score (nSPS) is 26.5. The molecule has 112 valence electrons. The molecule has 0 bridgehead atoms. The smallest absolute Gasteiger partial charge is 0.390 e. The van der Waals surface area contributed by atoms with Gasteiger partial charge in [-0.25, -0.2) is 0 Å². The van der Waals surface area contributed by atoms with Crippen LogP contribution in [0.25, 0.3) is 0 Å². The zero-order chi connectivity index (χ0) is 15.0. The Morgan fingerprint density at radius 2 is 1.90 bits per heavy atom. The highest BCUT2D eigenvalue weighted by Gasteiger charge is 2.39. The lowest BCUT2D eigenvalue weighted by Gasteiger charge is -2.41. The van der Waals surface area contributed by atoms with E-state index in [0.717, 1.165) is 25.0 Å². The van der Waals surface area contributed by atoms with E-state index in [4.69, 9.17) is 0 Å². The highest BCUT2D eigenvalue weighted by molar-refractivity contribution is 5.27. The Morgan fingerprint density at radius 3 is 2.50 bits per heavy atom. The van der Waals surface area contributed by atoms with Gasteiger partial charge in [0.2, 0.25) is 0 Å². The fourth-order valence-corrected chi connectivity index (χ4v) is 3.35. The molecule has 0 saturated heterocycles. The van der Waals surface area contributed by atoms with Crippen LogP contribution in [-0.2, 0) is 12.6 Å². The highest BCUT2D eigenvalue weighted by Crippen LogP contribution is 2.42. The van der Waals surface area contributed by atoms with E-state index in [1.54, 1.807) is 6.07 Å². The van der Waals surface area contributed by atoms with Crippen molar-refractivity contribution in [3.63, 3.8) is 0 Å². The number of hydrogen-bond donors (Lipinski definition) is 1. The quantitative estimate of drug-likeness (QED) is 0.843. The molecule has 1 aromatic rings. The largest absolute Gasteiger partial charge is 0.416 e. The average Bonchev–Trinajstić information content (AvgIpc) is 2.25. The van der Waals surface area contributed by atoms with Crippen LogP contribution in [0, 0.1) is 5.41 Å². The number of aliphatic hydroxyl groups is 1. The third kappa shape index (κ3) is 3.75. The minimum absolute atomic E-state index is 0.0502. The Balaban J connectivity index is 2.17. The van der Waals surface area contributed by atoms with Crippen molar-refractivity contribution in [3.05, 3.63) is 35.4 Å². The Bertz CT molecular complexity index is 479. The van der Waals surface area contributed by atoms with E-state index in [2.05, 4.69) is 13.8 Å². The standard InChI is InChI=1S/C16H21F3O/c1-14(2)7-4-8-15(20,11-14)10-12-5-3-6-13(9-12)16(17,18)19/h3,5-6,9,20H,4,7-8,10-11H2,1-2H3. The molecule has 1 unspecified atom stereocenters. The van der Waals surface area contributed by atoms with E-state index >= 15 is 0 Å². The molecule has 0 aromatic heterocycles. The summed E-state index contributed by atoms with van der Waals surface area (Å²) in [6.45, 7) is 4.20. The van der Waals surface area contributed by atoms with Gasteiger partial charge >= 0.3 is 6.18 Å². The van der Waals surface area contributed by atoms with Gasteiger partial charge in [-0.2, -0.15) is 13.2 Å². The highest BCUT2D eigenvalue weighted by atomic mass is 19.4. The fraction of sp³-hybridized carbons (Fsp3) is 0.625. The minimum Gasteiger partial charge on any atom is -0.390 e. The van der Waals surface area contributed by atoms with Crippen molar-refractivity contribution < 1.29 is 18.3 Å².